The number of aromatic nitrogens is 1. The fraction of sp³-hybridized carbons (Fsp3) is 0.500. The molecule has 148 valence electrons. The molecule has 1 aromatic carbocycles. The number of hydrogen-bond donors (Lipinski definition) is 1. The molecule has 2 atom stereocenters. The lowest BCUT2D eigenvalue weighted by Gasteiger charge is -2.29. The van der Waals surface area contributed by atoms with Gasteiger partial charge in [0, 0.05) is 12.3 Å². The molecule has 0 saturated carbocycles. The van der Waals surface area contributed by atoms with Crippen molar-refractivity contribution in [1.29, 1.82) is 0 Å². The monoisotopic (exact) mass is 382 g/mol. The predicted octanol–water partition coefficient (Wildman–Crippen LogP) is 3.69. The van der Waals surface area contributed by atoms with Crippen molar-refractivity contribution in [2.24, 2.45) is 5.41 Å². The minimum absolute atomic E-state index is 0.0268. The molecule has 0 radical (unpaired) electrons. The molecule has 0 spiro atoms. The van der Waals surface area contributed by atoms with Gasteiger partial charge < -0.3 is 14.5 Å². The van der Waals surface area contributed by atoms with E-state index in [2.05, 4.69) is 28.5 Å². The highest BCUT2D eigenvalue weighted by molar-refractivity contribution is 5.88. The maximum atomic E-state index is 12.6. The molecule has 1 aliphatic carbocycles. The van der Waals surface area contributed by atoms with Crippen LogP contribution in [0.3, 0.4) is 0 Å². The van der Waals surface area contributed by atoms with Gasteiger partial charge in [0.05, 0.1) is 7.11 Å². The van der Waals surface area contributed by atoms with Crippen molar-refractivity contribution in [2.75, 3.05) is 7.11 Å². The van der Waals surface area contributed by atoms with Crippen LogP contribution in [0.4, 0.5) is 0 Å². The summed E-state index contributed by atoms with van der Waals surface area (Å²) in [7, 11) is 1.35. The third kappa shape index (κ3) is 3.21. The Bertz CT molecular complexity index is 938. The molecule has 0 unspecified atom stereocenters. The van der Waals surface area contributed by atoms with Crippen LogP contribution in [0.5, 0.6) is 0 Å². The summed E-state index contributed by atoms with van der Waals surface area (Å²) in [5.41, 5.74) is 3.43. The second-order valence-corrected chi connectivity index (χ2v) is 8.75. The first-order chi connectivity index (χ1) is 13.3. The summed E-state index contributed by atoms with van der Waals surface area (Å²) >= 11 is 0. The maximum absolute atomic E-state index is 12.6. The van der Waals surface area contributed by atoms with E-state index in [1.54, 1.807) is 0 Å². The molecule has 6 nitrogen and oxygen atoms in total. The van der Waals surface area contributed by atoms with Gasteiger partial charge in [-0.25, -0.2) is 9.78 Å². The highest BCUT2D eigenvalue weighted by Crippen LogP contribution is 2.43. The zero-order chi connectivity index (χ0) is 20.1. The Kier molecular flexibility index (Phi) is 4.52. The Morgan fingerprint density at radius 2 is 2.04 bits per heavy atom. The first kappa shape index (κ1) is 18.7. The van der Waals surface area contributed by atoms with Gasteiger partial charge in [-0.3, -0.25) is 4.79 Å². The molecule has 2 heterocycles. The van der Waals surface area contributed by atoms with E-state index < -0.39 is 12.0 Å². The molecule has 28 heavy (non-hydrogen) atoms. The van der Waals surface area contributed by atoms with Gasteiger partial charge in [-0.1, -0.05) is 39.0 Å². The number of methoxy groups -OCH3 is 1. The first-order valence-electron chi connectivity index (χ1n) is 9.78. The third-order valence-electron chi connectivity index (χ3n) is 5.71. The van der Waals surface area contributed by atoms with E-state index in [9.17, 15) is 9.59 Å². The second kappa shape index (κ2) is 6.76. The van der Waals surface area contributed by atoms with Gasteiger partial charge >= 0.3 is 5.97 Å². The lowest BCUT2D eigenvalue weighted by molar-refractivity contribution is -0.122. The van der Waals surface area contributed by atoms with Gasteiger partial charge in [0.1, 0.15) is 11.8 Å². The Hall–Kier alpha value is -2.63. The number of oxazole rings is 1. The van der Waals surface area contributed by atoms with Crippen LogP contribution < -0.4 is 5.32 Å². The normalized spacial score (nSPS) is 21.5. The number of carbonyl (C=O) groups is 2. The Labute approximate surface area is 164 Å². The van der Waals surface area contributed by atoms with Crippen molar-refractivity contribution >= 4 is 11.9 Å². The first-order valence-corrected chi connectivity index (χ1v) is 9.78. The quantitative estimate of drug-likeness (QED) is 0.761. The van der Waals surface area contributed by atoms with E-state index in [4.69, 9.17) is 9.15 Å². The number of benzene rings is 1. The van der Waals surface area contributed by atoms with E-state index in [-0.39, 0.29) is 22.9 Å². The average Bonchev–Trinajstić information content (AvgIpc) is 3.25. The Morgan fingerprint density at radius 1 is 1.25 bits per heavy atom. The van der Waals surface area contributed by atoms with E-state index in [1.807, 2.05) is 20.8 Å². The minimum atomic E-state index is -0.511. The number of fused-ring (bicyclic) bond motifs is 4. The van der Waals surface area contributed by atoms with Crippen LogP contribution in [-0.2, 0) is 22.4 Å². The number of ether oxygens (including phenoxy) is 1. The smallest absolute Gasteiger partial charge is 0.360 e. The molecule has 1 N–H and O–H groups in total. The number of nitrogens with zero attached hydrogens (tertiary/aromatic N) is 1. The maximum Gasteiger partial charge on any atom is 0.360 e. The van der Waals surface area contributed by atoms with Crippen molar-refractivity contribution in [1.82, 2.24) is 10.3 Å². The van der Waals surface area contributed by atoms with Gasteiger partial charge in [-0.2, -0.15) is 0 Å². The number of hydrogen-bond acceptors (Lipinski definition) is 5. The molecule has 4 bridgehead atoms. The number of carbonyl (C=O) groups excluding carboxylic acids is 2. The average molecular weight is 382 g/mol. The fourth-order valence-corrected chi connectivity index (χ4v) is 4.17. The summed E-state index contributed by atoms with van der Waals surface area (Å²) < 4.78 is 11.2. The standard InChI is InChI=1S/C22H26N2O4/c1-22(2,3)19-20-24-17(21(26)27-4)18(28-20)14-9-8-13-7-5-12(11-15(13)14)6-10-16(25)23-19/h5,7,11,14,19H,6,8-10H2,1-4H3,(H,23,25)/t14-,19+/m0/s1. The lowest BCUT2D eigenvalue weighted by Crippen LogP contribution is -2.37. The van der Waals surface area contributed by atoms with Gasteiger partial charge in [-0.05, 0) is 41.4 Å². The summed E-state index contributed by atoms with van der Waals surface area (Å²) in [5, 5.41) is 3.06. The molecule has 0 saturated heterocycles. The van der Waals surface area contributed by atoms with Crippen molar-refractivity contribution in [3.05, 3.63) is 52.2 Å². The zero-order valence-electron chi connectivity index (χ0n) is 16.8. The van der Waals surface area contributed by atoms with E-state index in [1.165, 1.54) is 18.2 Å². The van der Waals surface area contributed by atoms with E-state index in [0.29, 0.717) is 24.5 Å². The summed E-state index contributed by atoms with van der Waals surface area (Å²) in [6.45, 7) is 6.05. The highest BCUT2D eigenvalue weighted by Gasteiger charge is 2.38. The summed E-state index contributed by atoms with van der Waals surface area (Å²) in [6.07, 6.45) is 2.87. The largest absolute Gasteiger partial charge is 0.464 e. The van der Waals surface area contributed by atoms with Crippen LogP contribution in [-0.4, -0.2) is 24.0 Å². The molecule has 1 aromatic heterocycles. The second-order valence-electron chi connectivity index (χ2n) is 8.75. The Morgan fingerprint density at radius 3 is 2.75 bits per heavy atom. The third-order valence-corrected chi connectivity index (χ3v) is 5.71. The van der Waals surface area contributed by atoms with Gasteiger partial charge in [0.25, 0.3) is 0 Å². The molecule has 4 rings (SSSR count). The van der Waals surface area contributed by atoms with Crippen LogP contribution in [0.15, 0.2) is 22.6 Å². The van der Waals surface area contributed by atoms with Crippen LogP contribution in [0, 0.1) is 5.41 Å². The number of esters is 1. The number of amides is 1. The summed E-state index contributed by atoms with van der Waals surface area (Å²) in [4.78, 5) is 29.6. The Balaban J connectivity index is 1.91. The van der Waals surface area contributed by atoms with Crippen LogP contribution in [0.2, 0.25) is 0 Å². The molecular formula is C22H26N2O4. The molecule has 1 aliphatic heterocycles. The molecule has 2 aliphatic rings. The number of rotatable bonds is 1. The lowest BCUT2D eigenvalue weighted by atomic mass is 9.86. The number of aryl methyl sites for hydroxylation is 2. The molecule has 6 heteroatoms. The van der Waals surface area contributed by atoms with Crippen LogP contribution in [0.25, 0.3) is 0 Å². The zero-order valence-corrected chi connectivity index (χ0v) is 16.8. The van der Waals surface area contributed by atoms with Gasteiger partial charge in [0.2, 0.25) is 11.8 Å². The van der Waals surface area contributed by atoms with Crippen molar-refractivity contribution in [2.45, 2.75) is 58.4 Å². The van der Waals surface area contributed by atoms with Crippen LogP contribution >= 0.6 is 0 Å². The van der Waals surface area contributed by atoms with Crippen molar-refractivity contribution < 1.29 is 18.7 Å². The molecule has 0 fully saturated rings. The van der Waals surface area contributed by atoms with Gasteiger partial charge in [0.15, 0.2) is 5.69 Å². The topological polar surface area (TPSA) is 81.4 Å². The molecular weight excluding hydrogens is 356 g/mol. The minimum Gasteiger partial charge on any atom is -0.464 e. The summed E-state index contributed by atoms with van der Waals surface area (Å²) in [6, 6.07) is 5.93. The number of nitrogens with one attached hydrogen (secondary N) is 1. The highest BCUT2D eigenvalue weighted by atomic mass is 16.5. The van der Waals surface area contributed by atoms with Crippen LogP contribution in [0.1, 0.15) is 84.4 Å². The molecule has 2 aromatic rings. The molecule has 1 amide bonds. The van der Waals surface area contributed by atoms with Gasteiger partial charge in [-0.15, -0.1) is 0 Å². The predicted molar refractivity (Wildman–Crippen MR) is 103 cm³/mol. The van der Waals surface area contributed by atoms with E-state index >= 15 is 0 Å². The SMILES string of the molecule is COC(=O)c1nc2oc1[C@H]1CCc3ccc(cc31)CCC(=O)N[C@H]2C(C)(C)C. The fourth-order valence-electron chi connectivity index (χ4n) is 4.17. The summed E-state index contributed by atoms with van der Waals surface area (Å²) in [5.74, 6) is 0.310. The van der Waals surface area contributed by atoms with Crippen molar-refractivity contribution in [3.8, 4) is 0 Å². The van der Waals surface area contributed by atoms with Crippen molar-refractivity contribution in [3.63, 3.8) is 0 Å². The van der Waals surface area contributed by atoms with E-state index in [0.717, 1.165) is 18.4 Å².